The molecule has 3 amide bonds. The summed E-state index contributed by atoms with van der Waals surface area (Å²) in [6.45, 7) is 3.66. The number of rotatable bonds is 43. The van der Waals surface area contributed by atoms with Gasteiger partial charge in [0.2, 0.25) is 5.91 Å². The van der Waals surface area contributed by atoms with Crippen molar-refractivity contribution in [1.29, 1.82) is 0 Å². The molecular formula is C53H94N3O11P. The first-order valence-electron chi connectivity index (χ1n) is 26.6. The standard InChI is InChI=1S/C53H91N2O11P.H3N/c1-3-5-7-9-11-13-15-17-19-21-23-25-27-29-31-33-51(58)63-44-48(66-52(59)34-32-30-28-26-24-22-20-18-16-14-12-10-8-6-4-2)45-65-67(61,62)64-42-41-54-53(60)47-37-35-46(36-38-47)43-55-49(56)39-40-50(55)57;/h17-20,39-40,46-48H,3-16,21-38,41-45H2,1-2H3,(H,54,60)(H,61,62);1H3/b19-17-,20-18-;/t46?,47?,48-;/m1./s1. The van der Waals surface area contributed by atoms with Crippen molar-refractivity contribution in [1.82, 2.24) is 16.4 Å². The lowest BCUT2D eigenvalue weighted by Gasteiger charge is -2.30. The number of phosphoric acid groups is 1. The number of nitrogens with one attached hydrogen (secondary N) is 1. The smallest absolute Gasteiger partial charge is 0.462 e. The van der Waals surface area contributed by atoms with E-state index in [0.29, 0.717) is 45.1 Å². The van der Waals surface area contributed by atoms with Crippen LogP contribution in [0.4, 0.5) is 0 Å². The molecule has 2 aliphatic rings. The summed E-state index contributed by atoms with van der Waals surface area (Å²) in [6.07, 6.45) is 43.4. The first kappa shape index (κ1) is 62.9. The average Bonchev–Trinajstić information content (AvgIpc) is 3.63. The highest BCUT2D eigenvalue weighted by atomic mass is 31.2. The Balaban J connectivity index is 0.0000231. The first-order chi connectivity index (χ1) is 32.5. The van der Waals surface area contributed by atoms with Crippen LogP contribution >= 0.6 is 7.82 Å². The Morgan fingerprint density at radius 2 is 1.09 bits per heavy atom. The third-order valence-corrected chi connectivity index (χ3v) is 13.6. The summed E-state index contributed by atoms with van der Waals surface area (Å²) in [5, 5.41) is 2.74. The minimum Gasteiger partial charge on any atom is -0.462 e. The molecule has 0 aromatic rings. The van der Waals surface area contributed by atoms with Crippen molar-refractivity contribution in [3.63, 3.8) is 0 Å². The van der Waals surface area contributed by atoms with Gasteiger partial charge in [-0.15, -0.1) is 0 Å². The Morgan fingerprint density at radius 1 is 0.647 bits per heavy atom. The van der Waals surface area contributed by atoms with Crippen molar-refractivity contribution in [3.05, 3.63) is 36.5 Å². The maximum Gasteiger partial charge on any atom is 0.472 e. The van der Waals surface area contributed by atoms with Crippen molar-refractivity contribution in [2.75, 3.05) is 32.9 Å². The number of nitrogens with zero attached hydrogens (tertiary/aromatic N) is 1. The van der Waals surface area contributed by atoms with Crippen molar-refractivity contribution in [2.24, 2.45) is 11.8 Å². The highest BCUT2D eigenvalue weighted by molar-refractivity contribution is 7.47. The Morgan fingerprint density at radius 3 is 1.57 bits per heavy atom. The molecule has 5 N–H and O–H groups in total. The zero-order valence-corrected chi connectivity index (χ0v) is 43.4. The second-order valence-electron chi connectivity index (χ2n) is 18.7. The molecule has 392 valence electrons. The number of unbranched alkanes of at least 4 members (excludes halogenated alkanes) is 22. The van der Waals surface area contributed by atoms with E-state index in [-0.39, 0.29) is 68.3 Å². The SMILES string of the molecule is CCCCCCCC/C=C\CCCCCCCC(=O)OC[C@H](COP(=O)(O)OCCNC(=O)C1CCC(CN2C(=O)C=CC2=O)CC1)OC(=O)CCCCCCC/C=C\CCCCCCCC.N. The van der Waals surface area contributed by atoms with Crippen LogP contribution in [-0.4, -0.2) is 78.5 Å². The van der Waals surface area contributed by atoms with Gasteiger partial charge in [0, 0.05) is 44.0 Å². The number of ether oxygens (including phenoxy) is 2. The Labute approximate surface area is 411 Å². The second-order valence-corrected chi connectivity index (χ2v) is 20.1. The van der Waals surface area contributed by atoms with Gasteiger partial charge >= 0.3 is 19.8 Å². The summed E-state index contributed by atoms with van der Waals surface area (Å²) in [5.74, 6) is -1.87. The molecule has 15 heteroatoms. The largest absolute Gasteiger partial charge is 0.472 e. The molecule has 0 spiro atoms. The fourth-order valence-electron chi connectivity index (χ4n) is 8.47. The summed E-state index contributed by atoms with van der Waals surface area (Å²) in [4.78, 5) is 73.7. The van der Waals surface area contributed by atoms with Crippen molar-refractivity contribution < 1.29 is 52.0 Å². The van der Waals surface area contributed by atoms with Gasteiger partial charge in [0.1, 0.15) is 6.61 Å². The van der Waals surface area contributed by atoms with Gasteiger partial charge in [-0.1, -0.05) is 141 Å². The zero-order valence-electron chi connectivity index (χ0n) is 42.5. The van der Waals surface area contributed by atoms with Gasteiger partial charge < -0.3 is 25.8 Å². The summed E-state index contributed by atoms with van der Waals surface area (Å²) < 4.78 is 34.1. The molecule has 2 atom stereocenters. The number of imide groups is 1. The number of hydrogen-bond acceptors (Lipinski definition) is 11. The van der Waals surface area contributed by atoms with Crippen LogP contribution in [0.15, 0.2) is 36.5 Å². The van der Waals surface area contributed by atoms with E-state index >= 15 is 0 Å². The highest BCUT2D eigenvalue weighted by Crippen LogP contribution is 2.43. The number of carbonyl (C=O) groups excluding carboxylic acids is 5. The molecule has 0 saturated heterocycles. The average molecular weight is 980 g/mol. The number of carbonyl (C=O) groups is 5. The van der Waals surface area contributed by atoms with Gasteiger partial charge in [-0.3, -0.25) is 37.9 Å². The number of allylic oxidation sites excluding steroid dienone is 4. The van der Waals surface area contributed by atoms with E-state index < -0.39 is 32.5 Å². The van der Waals surface area contributed by atoms with Crippen LogP contribution in [0.3, 0.4) is 0 Å². The topological polar surface area (TPSA) is 210 Å². The van der Waals surface area contributed by atoms with Gasteiger partial charge in [0.05, 0.1) is 13.2 Å². The minimum absolute atomic E-state index is 0. The molecule has 68 heavy (non-hydrogen) atoms. The van der Waals surface area contributed by atoms with Gasteiger partial charge in [0.25, 0.3) is 11.8 Å². The molecule has 1 heterocycles. The van der Waals surface area contributed by atoms with Crippen molar-refractivity contribution in [3.8, 4) is 0 Å². The molecule has 0 aromatic heterocycles. The number of hydrogen-bond donors (Lipinski definition) is 3. The summed E-state index contributed by atoms with van der Waals surface area (Å²) in [5.41, 5.74) is 0. The van der Waals surface area contributed by atoms with Crippen LogP contribution in [0.1, 0.15) is 219 Å². The lowest BCUT2D eigenvalue weighted by molar-refractivity contribution is -0.161. The van der Waals surface area contributed by atoms with Crippen LogP contribution in [-0.2, 0) is 47.1 Å². The van der Waals surface area contributed by atoms with Crippen LogP contribution < -0.4 is 11.5 Å². The summed E-state index contributed by atoms with van der Waals surface area (Å²) in [7, 11) is -4.62. The lowest BCUT2D eigenvalue weighted by atomic mass is 9.81. The lowest BCUT2D eigenvalue weighted by Crippen LogP contribution is -2.39. The third-order valence-electron chi connectivity index (χ3n) is 12.7. The monoisotopic (exact) mass is 980 g/mol. The molecule has 0 aromatic carbocycles. The van der Waals surface area contributed by atoms with E-state index in [2.05, 4.69) is 43.5 Å². The zero-order chi connectivity index (χ0) is 48.6. The van der Waals surface area contributed by atoms with E-state index in [1.54, 1.807) is 0 Å². The van der Waals surface area contributed by atoms with Crippen LogP contribution in [0.2, 0.25) is 0 Å². The molecule has 1 saturated carbocycles. The Kier molecular flexibility index (Phi) is 38.5. The van der Waals surface area contributed by atoms with E-state index in [1.165, 1.54) is 94.1 Å². The highest BCUT2D eigenvalue weighted by Gasteiger charge is 2.32. The molecule has 0 bridgehead atoms. The van der Waals surface area contributed by atoms with Gasteiger partial charge in [-0.05, 0) is 95.8 Å². The summed E-state index contributed by atoms with van der Waals surface area (Å²) in [6, 6.07) is 0. The van der Waals surface area contributed by atoms with E-state index in [9.17, 15) is 33.4 Å². The predicted molar refractivity (Wildman–Crippen MR) is 271 cm³/mol. The normalized spacial score (nSPS) is 17.4. The third kappa shape index (κ3) is 33.4. The molecule has 1 aliphatic carbocycles. The Hall–Kier alpha value is -3.16. The van der Waals surface area contributed by atoms with Crippen molar-refractivity contribution in [2.45, 2.75) is 225 Å². The molecule has 1 fully saturated rings. The van der Waals surface area contributed by atoms with Gasteiger partial charge in [-0.25, -0.2) is 4.57 Å². The van der Waals surface area contributed by atoms with Crippen molar-refractivity contribution >= 4 is 37.5 Å². The van der Waals surface area contributed by atoms with Crippen LogP contribution in [0, 0.1) is 11.8 Å². The second kappa shape index (κ2) is 41.6. The molecule has 1 aliphatic heterocycles. The maximum atomic E-state index is 12.8. The fourth-order valence-corrected chi connectivity index (χ4v) is 9.22. The van der Waals surface area contributed by atoms with Gasteiger partial charge in [0.15, 0.2) is 6.10 Å². The van der Waals surface area contributed by atoms with E-state index in [1.807, 2.05) is 0 Å². The van der Waals surface area contributed by atoms with E-state index in [0.717, 1.165) is 77.0 Å². The first-order valence-corrected chi connectivity index (χ1v) is 28.1. The molecule has 1 unspecified atom stereocenters. The minimum atomic E-state index is -4.62. The predicted octanol–water partition coefficient (Wildman–Crippen LogP) is 12.7. The van der Waals surface area contributed by atoms with Crippen LogP contribution in [0.25, 0.3) is 0 Å². The quantitative estimate of drug-likeness (QED) is 0.0171. The Bertz CT molecular complexity index is 1480. The maximum absolute atomic E-state index is 12.8. The number of esters is 2. The molecule has 2 rings (SSSR count). The number of phosphoric ester groups is 1. The van der Waals surface area contributed by atoms with Gasteiger partial charge in [-0.2, -0.15) is 0 Å². The van der Waals surface area contributed by atoms with Crippen LogP contribution in [0.5, 0.6) is 0 Å². The summed E-state index contributed by atoms with van der Waals surface area (Å²) >= 11 is 0. The van der Waals surface area contributed by atoms with E-state index in [4.69, 9.17) is 18.5 Å². The number of amides is 3. The molecular weight excluding hydrogens is 886 g/mol. The molecule has 0 radical (unpaired) electrons. The fraction of sp³-hybridized carbons (Fsp3) is 0.792. The molecule has 14 nitrogen and oxygen atoms in total.